The van der Waals surface area contributed by atoms with Gasteiger partial charge in [-0.25, -0.2) is 8.78 Å². The van der Waals surface area contributed by atoms with Crippen molar-refractivity contribution in [1.29, 1.82) is 0 Å². The van der Waals surface area contributed by atoms with Crippen LogP contribution in [0.2, 0.25) is 0 Å². The molecule has 2 N–H and O–H groups in total. The van der Waals surface area contributed by atoms with Crippen molar-refractivity contribution >= 4 is 0 Å². The summed E-state index contributed by atoms with van der Waals surface area (Å²) in [5.41, 5.74) is 5.19. The maximum absolute atomic E-state index is 12.3. The Kier molecular flexibility index (Phi) is 1.20. The van der Waals surface area contributed by atoms with Crippen molar-refractivity contribution in [3.63, 3.8) is 0 Å². The number of nitrogens with two attached hydrogens (primary N) is 1. The monoisotopic (exact) mass is 161 g/mol. The average molecular weight is 161 g/mol. The van der Waals surface area contributed by atoms with Crippen LogP contribution in [0.25, 0.3) is 0 Å². The molecule has 3 rings (SSSR count). The molecule has 0 saturated heterocycles. The molecule has 0 aromatic heterocycles. The van der Waals surface area contributed by atoms with Crippen LogP contribution in [-0.2, 0) is 0 Å². The Bertz CT molecular complexity index is 151. The summed E-state index contributed by atoms with van der Waals surface area (Å²) in [4.78, 5) is 0. The molecule has 3 aliphatic carbocycles. The molecule has 0 aromatic carbocycles. The van der Waals surface area contributed by atoms with Gasteiger partial charge in [-0.15, -0.1) is 0 Å². The lowest BCUT2D eigenvalue weighted by atomic mass is 9.33. The van der Waals surface area contributed by atoms with Crippen molar-refractivity contribution in [3.05, 3.63) is 0 Å². The molecular weight excluding hydrogens is 148 g/mol. The highest BCUT2D eigenvalue weighted by molar-refractivity contribution is 5.20. The van der Waals surface area contributed by atoms with E-state index in [9.17, 15) is 8.78 Å². The van der Waals surface area contributed by atoms with Crippen molar-refractivity contribution in [2.75, 3.05) is 0 Å². The van der Waals surface area contributed by atoms with Crippen LogP contribution in [-0.4, -0.2) is 12.5 Å². The standard InChI is InChI=1S/C8H13F2N/c1-5(11)7-2-8(3-7,4-7)6(9)10/h5-6H,2-4,11H2,1H3/t5-,7?,8?/m1/s1. The SMILES string of the molecule is C[C@@H](N)C12CC(C(F)F)(C1)C2. The first kappa shape index (κ1) is 7.47. The Hall–Kier alpha value is -0.180. The van der Waals surface area contributed by atoms with Crippen molar-refractivity contribution in [3.8, 4) is 0 Å². The van der Waals surface area contributed by atoms with Crippen molar-refractivity contribution in [1.82, 2.24) is 0 Å². The van der Waals surface area contributed by atoms with Gasteiger partial charge in [0.15, 0.2) is 0 Å². The lowest BCUT2D eigenvalue weighted by molar-refractivity contribution is -0.273. The minimum atomic E-state index is -2.12. The van der Waals surface area contributed by atoms with Gasteiger partial charge in [0.05, 0.1) is 0 Å². The van der Waals surface area contributed by atoms with E-state index in [1.54, 1.807) is 0 Å². The quantitative estimate of drug-likeness (QED) is 0.656. The van der Waals surface area contributed by atoms with E-state index in [-0.39, 0.29) is 11.5 Å². The van der Waals surface area contributed by atoms with Crippen LogP contribution in [0.1, 0.15) is 26.2 Å². The number of alkyl halides is 2. The number of rotatable bonds is 2. The highest BCUT2D eigenvalue weighted by atomic mass is 19.3. The van der Waals surface area contributed by atoms with Gasteiger partial charge in [-0.1, -0.05) is 0 Å². The molecule has 3 fully saturated rings. The highest BCUT2D eigenvalue weighted by Crippen LogP contribution is 2.76. The summed E-state index contributed by atoms with van der Waals surface area (Å²) in [7, 11) is 0. The van der Waals surface area contributed by atoms with Gasteiger partial charge in [-0.3, -0.25) is 0 Å². The number of halogens is 2. The van der Waals surface area contributed by atoms with E-state index < -0.39 is 11.8 Å². The minimum Gasteiger partial charge on any atom is -0.327 e. The summed E-state index contributed by atoms with van der Waals surface area (Å²) in [6.07, 6.45) is -0.136. The molecule has 3 aliphatic rings. The Morgan fingerprint density at radius 3 is 1.91 bits per heavy atom. The molecule has 0 aromatic rings. The summed E-state index contributed by atoms with van der Waals surface area (Å²) in [6.45, 7) is 1.93. The lowest BCUT2D eigenvalue weighted by Gasteiger charge is -2.72. The van der Waals surface area contributed by atoms with E-state index in [0.29, 0.717) is 19.3 Å². The molecule has 3 heteroatoms. The second kappa shape index (κ2) is 1.76. The van der Waals surface area contributed by atoms with E-state index in [0.717, 1.165) is 0 Å². The molecular formula is C8H13F2N. The second-order valence-corrected chi connectivity index (χ2v) is 4.34. The number of hydrogen-bond donors (Lipinski definition) is 1. The van der Waals surface area contributed by atoms with Crippen molar-refractivity contribution in [2.45, 2.75) is 38.7 Å². The van der Waals surface area contributed by atoms with E-state index in [4.69, 9.17) is 5.73 Å². The zero-order valence-electron chi connectivity index (χ0n) is 6.61. The molecule has 64 valence electrons. The van der Waals surface area contributed by atoms with E-state index in [1.807, 2.05) is 6.92 Å². The predicted molar refractivity (Wildman–Crippen MR) is 38.4 cm³/mol. The summed E-state index contributed by atoms with van der Waals surface area (Å²) in [5.74, 6) is 0. The Morgan fingerprint density at radius 1 is 1.18 bits per heavy atom. The zero-order valence-corrected chi connectivity index (χ0v) is 6.61. The summed E-state index contributed by atoms with van der Waals surface area (Å²) in [6, 6.07) is 0.100. The van der Waals surface area contributed by atoms with Crippen molar-refractivity contribution < 1.29 is 8.78 Å². The molecule has 1 atom stereocenters. The van der Waals surface area contributed by atoms with E-state index >= 15 is 0 Å². The average Bonchev–Trinajstić information content (AvgIpc) is 1.51. The maximum atomic E-state index is 12.3. The van der Waals surface area contributed by atoms with Gasteiger partial charge in [0.25, 0.3) is 0 Å². The Labute approximate surface area is 65.0 Å². The van der Waals surface area contributed by atoms with Crippen LogP contribution in [0.5, 0.6) is 0 Å². The van der Waals surface area contributed by atoms with Gasteiger partial charge in [0, 0.05) is 11.5 Å². The molecule has 2 bridgehead atoms. The van der Waals surface area contributed by atoms with Gasteiger partial charge in [0.1, 0.15) is 0 Å². The van der Waals surface area contributed by atoms with Crippen LogP contribution < -0.4 is 5.73 Å². The summed E-state index contributed by atoms with van der Waals surface area (Å²) in [5, 5.41) is 0. The largest absolute Gasteiger partial charge is 0.327 e. The highest BCUT2D eigenvalue weighted by Gasteiger charge is 2.72. The van der Waals surface area contributed by atoms with Gasteiger partial charge >= 0.3 is 0 Å². The van der Waals surface area contributed by atoms with E-state index in [1.165, 1.54) is 0 Å². The van der Waals surface area contributed by atoms with Gasteiger partial charge in [-0.2, -0.15) is 0 Å². The van der Waals surface area contributed by atoms with Crippen LogP contribution in [0.3, 0.4) is 0 Å². The molecule has 11 heavy (non-hydrogen) atoms. The second-order valence-electron chi connectivity index (χ2n) is 4.34. The lowest BCUT2D eigenvalue weighted by Crippen LogP contribution is -2.70. The molecule has 0 spiro atoms. The first-order chi connectivity index (χ1) is 5.01. The smallest absolute Gasteiger partial charge is 0.244 e. The Balaban J connectivity index is 1.99. The van der Waals surface area contributed by atoms with Gasteiger partial charge in [-0.05, 0) is 31.6 Å². The molecule has 0 aliphatic heterocycles. The summed E-state index contributed by atoms with van der Waals surface area (Å²) < 4.78 is 24.6. The number of hydrogen-bond acceptors (Lipinski definition) is 1. The van der Waals surface area contributed by atoms with Crippen molar-refractivity contribution in [2.24, 2.45) is 16.6 Å². The molecule has 1 nitrogen and oxygen atoms in total. The van der Waals surface area contributed by atoms with Crippen LogP contribution in [0.15, 0.2) is 0 Å². The molecule has 0 unspecified atom stereocenters. The van der Waals surface area contributed by atoms with Crippen LogP contribution in [0, 0.1) is 10.8 Å². The Morgan fingerprint density at radius 2 is 1.64 bits per heavy atom. The maximum Gasteiger partial charge on any atom is 0.244 e. The van der Waals surface area contributed by atoms with Crippen LogP contribution in [0.4, 0.5) is 8.78 Å². The third kappa shape index (κ3) is 0.675. The molecule has 0 heterocycles. The zero-order chi connectivity index (χ0) is 8.28. The predicted octanol–water partition coefficient (Wildman–Crippen LogP) is 1.77. The third-order valence-corrected chi connectivity index (χ3v) is 3.54. The summed E-state index contributed by atoms with van der Waals surface area (Å²) >= 11 is 0. The molecule has 3 saturated carbocycles. The topological polar surface area (TPSA) is 26.0 Å². The van der Waals surface area contributed by atoms with Gasteiger partial charge < -0.3 is 5.73 Å². The normalized spacial score (nSPS) is 49.9. The van der Waals surface area contributed by atoms with E-state index in [2.05, 4.69) is 0 Å². The first-order valence-corrected chi connectivity index (χ1v) is 4.05. The fraction of sp³-hybridized carbons (Fsp3) is 1.00. The fourth-order valence-electron chi connectivity index (χ4n) is 2.66. The molecule has 0 radical (unpaired) electrons. The minimum absolute atomic E-state index is 0.100. The van der Waals surface area contributed by atoms with Gasteiger partial charge in [0.2, 0.25) is 6.43 Å². The fourth-order valence-corrected chi connectivity index (χ4v) is 2.66. The first-order valence-electron chi connectivity index (χ1n) is 4.05. The molecule has 0 amide bonds. The third-order valence-electron chi connectivity index (χ3n) is 3.54. The van der Waals surface area contributed by atoms with Crippen LogP contribution >= 0.6 is 0 Å².